The summed E-state index contributed by atoms with van der Waals surface area (Å²) in [6.45, 7) is 6.99. The number of nitrogens with two attached hydrogens (primary N) is 1. The standard InChI is InChI=1S/C15H24N2O/c1-11(2)12(9-16)10-17-14-7-8-18-15-6-4-3-5-13(14)15/h3-6,11-12,14,17H,7-10,16H2,1-2H3. The van der Waals surface area contributed by atoms with Crippen LogP contribution in [0.2, 0.25) is 0 Å². The average molecular weight is 248 g/mol. The lowest BCUT2D eigenvalue weighted by molar-refractivity contribution is 0.243. The molecule has 0 aliphatic carbocycles. The van der Waals surface area contributed by atoms with Gasteiger partial charge >= 0.3 is 0 Å². The number of benzene rings is 1. The summed E-state index contributed by atoms with van der Waals surface area (Å²) in [5.41, 5.74) is 7.10. The van der Waals surface area contributed by atoms with E-state index in [2.05, 4.69) is 31.3 Å². The monoisotopic (exact) mass is 248 g/mol. The van der Waals surface area contributed by atoms with E-state index in [1.165, 1.54) is 5.56 Å². The fourth-order valence-electron chi connectivity index (χ4n) is 2.44. The molecule has 0 bridgehead atoms. The minimum absolute atomic E-state index is 0.405. The van der Waals surface area contributed by atoms with Gasteiger partial charge < -0.3 is 15.8 Å². The van der Waals surface area contributed by atoms with Gasteiger partial charge in [-0.05, 0) is 31.0 Å². The lowest BCUT2D eigenvalue weighted by atomic mass is 9.94. The first-order chi connectivity index (χ1) is 8.72. The van der Waals surface area contributed by atoms with Gasteiger partial charge in [-0.15, -0.1) is 0 Å². The van der Waals surface area contributed by atoms with Crippen LogP contribution in [0.1, 0.15) is 31.9 Å². The number of ether oxygens (including phenoxy) is 1. The van der Waals surface area contributed by atoms with Gasteiger partial charge in [0.25, 0.3) is 0 Å². The highest BCUT2D eigenvalue weighted by Crippen LogP contribution is 2.31. The Kier molecular flexibility index (Phi) is 4.61. The van der Waals surface area contributed by atoms with Crippen LogP contribution >= 0.6 is 0 Å². The molecule has 18 heavy (non-hydrogen) atoms. The Balaban J connectivity index is 1.99. The van der Waals surface area contributed by atoms with Crippen LogP contribution in [0, 0.1) is 11.8 Å². The van der Waals surface area contributed by atoms with E-state index in [0.29, 0.717) is 17.9 Å². The number of hydrogen-bond donors (Lipinski definition) is 2. The molecule has 100 valence electrons. The van der Waals surface area contributed by atoms with E-state index >= 15 is 0 Å². The molecule has 1 aromatic rings. The van der Waals surface area contributed by atoms with E-state index in [-0.39, 0.29) is 0 Å². The molecule has 2 unspecified atom stereocenters. The maximum atomic E-state index is 5.82. The smallest absolute Gasteiger partial charge is 0.124 e. The van der Waals surface area contributed by atoms with Gasteiger partial charge in [0, 0.05) is 18.0 Å². The minimum atomic E-state index is 0.405. The van der Waals surface area contributed by atoms with Gasteiger partial charge in [0.2, 0.25) is 0 Å². The normalized spacial score (nSPS) is 20.3. The number of para-hydroxylation sites is 1. The highest BCUT2D eigenvalue weighted by molar-refractivity contribution is 5.37. The maximum absolute atomic E-state index is 5.82. The molecule has 0 aromatic heterocycles. The molecule has 1 aliphatic heterocycles. The fourth-order valence-corrected chi connectivity index (χ4v) is 2.44. The van der Waals surface area contributed by atoms with Gasteiger partial charge in [0.1, 0.15) is 5.75 Å². The number of hydrogen-bond acceptors (Lipinski definition) is 3. The van der Waals surface area contributed by atoms with Crippen LogP contribution < -0.4 is 15.8 Å². The summed E-state index contributed by atoms with van der Waals surface area (Å²) in [5, 5.41) is 3.65. The molecule has 2 atom stereocenters. The third kappa shape index (κ3) is 3.03. The van der Waals surface area contributed by atoms with Gasteiger partial charge in [0.05, 0.1) is 6.61 Å². The summed E-state index contributed by atoms with van der Waals surface area (Å²) in [6.07, 6.45) is 1.03. The van der Waals surface area contributed by atoms with Gasteiger partial charge in [-0.3, -0.25) is 0 Å². The first kappa shape index (κ1) is 13.4. The van der Waals surface area contributed by atoms with E-state index in [1.807, 2.05) is 12.1 Å². The van der Waals surface area contributed by atoms with Crippen molar-refractivity contribution in [2.45, 2.75) is 26.3 Å². The lowest BCUT2D eigenvalue weighted by Crippen LogP contribution is -2.35. The zero-order valence-corrected chi connectivity index (χ0v) is 11.4. The van der Waals surface area contributed by atoms with Crippen molar-refractivity contribution in [2.24, 2.45) is 17.6 Å². The number of fused-ring (bicyclic) bond motifs is 1. The van der Waals surface area contributed by atoms with Crippen molar-refractivity contribution in [2.75, 3.05) is 19.7 Å². The Bertz CT molecular complexity index is 379. The summed E-state index contributed by atoms with van der Waals surface area (Å²) < 4.78 is 5.67. The fraction of sp³-hybridized carbons (Fsp3) is 0.600. The Hall–Kier alpha value is -1.06. The summed E-state index contributed by atoms with van der Waals surface area (Å²) in [4.78, 5) is 0. The highest BCUT2D eigenvalue weighted by atomic mass is 16.5. The number of rotatable bonds is 5. The molecule has 1 aliphatic rings. The van der Waals surface area contributed by atoms with Crippen molar-refractivity contribution in [1.82, 2.24) is 5.32 Å². The molecule has 2 rings (SSSR count). The van der Waals surface area contributed by atoms with Crippen molar-refractivity contribution < 1.29 is 4.74 Å². The second-order valence-electron chi connectivity index (χ2n) is 5.38. The second kappa shape index (κ2) is 6.21. The molecule has 1 heterocycles. The van der Waals surface area contributed by atoms with Crippen molar-refractivity contribution in [3.63, 3.8) is 0 Å². The van der Waals surface area contributed by atoms with E-state index in [4.69, 9.17) is 10.5 Å². The summed E-state index contributed by atoms with van der Waals surface area (Å²) in [7, 11) is 0. The SMILES string of the molecule is CC(C)C(CN)CNC1CCOc2ccccc21. The molecule has 3 N–H and O–H groups in total. The van der Waals surface area contributed by atoms with Gasteiger partial charge in [-0.2, -0.15) is 0 Å². The predicted molar refractivity (Wildman–Crippen MR) is 74.7 cm³/mol. The van der Waals surface area contributed by atoms with Crippen molar-refractivity contribution >= 4 is 0 Å². The topological polar surface area (TPSA) is 47.3 Å². The Labute approximate surface area is 110 Å². The summed E-state index contributed by atoms with van der Waals surface area (Å²) in [6, 6.07) is 8.71. The van der Waals surface area contributed by atoms with E-state index in [0.717, 1.165) is 31.9 Å². The van der Waals surface area contributed by atoms with Crippen LogP contribution in [0.25, 0.3) is 0 Å². The average Bonchev–Trinajstić information content (AvgIpc) is 2.39. The zero-order valence-electron chi connectivity index (χ0n) is 11.4. The van der Waals surface area contributed by atoms with Crippen LogP contribution in [0.15, 0.2) is 24.3 Å². The summed E-state index contributed by atoms with van der Waals surface area (Å²) in [5.74, 6) is 2.19. The van der Waals surface area contributed by atoms with Crippen LogP contribution in [-0.4, -0.2) is 19.7 Å². The first-order valence-electron chi connectivity index (χ1n) is 6.87. The molecule has 1 aromatic carbocycles. The van der Waals surface area contributed by atoms with Crippen molar-refractivity contribution in [3.05, 3.63) is 29.8 Å². The van der Waals surface area contributed by atoms with E-state index in [9.17, 15) is 0 Å². The maximum Gasteiger partial charge on any atom is 0.124 e. The quantitative estimate of drug-likeness (QED) is 0.840. The van der Waals surface area contributed by atoms with Crippen LogP contribution in [0.3, 0.4) is 0 Å². The molecule has 0 radical (unpaired) electrons. The van der Waals surface area contributed by atoms with Crippen molar-refractivity contribution in [1.29, 1.82) is 0 Å². The van der Waals surface area contributed by atoms with Gasteiger partial charge in [-0.25, -0.2) is 0 Å². The largest absolute Gasteiger partial charge is 0.493 e. The van der Waals surface area contributed by atoms with Crippen LogP contribution in [0.4, 0.5) is 0 Å². The van der Waals surface area contributed by atoms with Crippen LogP contribution in [0.5, 0.6) is 5.75 Å². The lowest BCUT2D eigenvalue weighted by Gasteiger charge is -2.29. The molecule has 3 heteroatoms. The zero-order chi connectivity index (χ0) is 13.0. The molecule has 0 fully saturated rings. The van der Waals surface area contributed by atoms with Gasteiger partial charge in [0.15, 0.2) is 0 Å². The molecular formula is C15H24N2O. The molecule has 3 nitrogen and oxygen atoms in total. The molecule has 0 saturated heterocycles. The Morgan fingerprint density at radius 3 is 2.89 bits per heavy atom. The first-order valence-corrected chi connectivity index (χ1v) is 6.87. The molecule has 0 amide bonds. The minimum Gasteiger partial charge on any atom is -0.493 e. The second-order valence-corrected chi connectivity index (χ2v) is 5.38. The molecule has 0 saturated carbocycles. The van der Waals surface area contributed by atoms with Crippen molar-refractivity contribution in [3.8, 4) is 5.75 Å². The predicted octanol–water partition coefficient (Wildman–Crippen LogP) is 2.33. The molecular weight excluding hydrogens is 224 g/mol. The van der Waals surface area contributed by atoms with Crippen LogP contribution in [-0.2, 0) is 0 Å². The third-order valence-corrected chi connectivity index (χ3v) is 3.83. The Morgan fingerprint density at radius 1 is 1.39 bits per heavy atom. The van der Waals surface area contributed by atoms with E-state index < -0.39 is 0 Å². The van der Waals surface area contributed by atoms with Gasteiger partial charge in [-0.1, -0.05) is 32.0 Å². The third-order valence-electron chi connectivity index (χ3n) is 3.83. The highest BCUT2D eigenvalue weighted by Gasteiger charge is 2.21. The Morgan fingerprint density at radius 2 is 2.17 bits per heavy atom. The van der Waals surface area contributed by atoms with E-state index in [1.54, 1.807) is 0 Å². The number of nitrogens with one attached hydrogen (secondary N) is 1. The molecule has 0 spiro atoms. The summed E-state index contributed by atoms with van der Waals surface area (Å²) >= 11 is 0.